The molecule has 0 radical (unpaired) electrons. The summed E-state index contributed by atoms with van der Waals surface area (Å²) < 4.78 is 26.9. The van der Waals surface area contributed by atoms with Gasteiger partial charge in [0, 0.05) is 45.0 Å². The summed E-state index contributed by atoms with van der Waals surface area (Å²) in [6.45, 7) is 8.30. The van der Waals surface area contributed by atoms with Crippen LogP contribution in [0.1, 0.15) is 40.3 Å². The molecule has 1 aromatic carbocycles. The van der Waals surface area contributed by atoms with Crippen LogP contribution in [0.25, 0.3) is 10.9 Å². The van der Waals surface area contributed by atoms with Crippen molar-refractivity contribution >= 4 is 55.9 Å². The Morgan fingerprint density at radius 1 is 1.02 bits per heavy atom. The lowest BCUT2D eigenvalue weighted by molar-refractivity contribution is 0.0977. The summed E-state index contributed by atoms with van der Waals surface area (Å²) in [4.78, 5) is 48.5. The lowest BCUT2D eigenvalue weighted by Gasteiger charge is -2.36. The lowest BCUT2D eigenvalue weighted by atomic mass is 10.0. The van der Waals surface area contributed by atoms with E-state index < -0.39 is 22.0 Å². The fourth-order valence-electron chi connectivity index (χ4n) is 5.14. The second-order valence-corrected chi connectivity index (χ2v) is 12.8. The minimum atomic E-state index is -3.83. The second kappa shape index (κ2) is 11.8. The van der Waals surface area contributed by atoms with E-state index in [4.69, 9.17) is 16.6 Å². The lowest BCUT2D eigenvalue weighted by Crippen LogP contribution is -2.48. The number of nitrogens with zero attached hydrogens (tertiary/aromatic N) is 7. The van der Waals surface area contributed by atoms with Crippen molar-refractivity contribution in [2.24, 2.45) is 7.05 Å². The third-order valence-electron chi connectivity index (χ3n) is 7.15. The molecular weight excluding hydrogens is 594 g/mol. The van der Waals surface area contributed by atoms with Gasteiger partial charge >= 0.3 is 0 Å². The van der Waals surface area contributed by atoms with Crippen molar-refractivity contribution in [2.75, 3.05) is 47.6 Å². The summed E-state index contributed by atoms with van der Waals surface area (Å²) in [6.07, 6.45) is 4.35. The maximum atomic E-state index is 13.6. The van der Waals surface area contributed by atoms with Crippen molar-refractivity contribution in [3.8, 4) is 0 Å². The smallest absolute Gasteiger partial charge is 0.285 e. The van der Waals surface area contributed by atoms with E-state index in [-0.39, 0.29) is 22.1 Å². The number of amides is 1. The van der Waals surface area contributed by atoms with Crippen LogP contribution in [0.2, 0.25) is 5.15 Å². The molecule has 1 aliphatic heterocycles. The van der Waals surface area contributed by atoms with E-state index in [1.807, 2.05) is 37.6 Å². The van der Waals surface area contributed by atoms with Crippen molar-refractivity contribution in [3.63, 3.8) is 0 Å². The van der Waals surface area contributed by atoms with Gasteiger partial charge in [-0.15, -0.1) is 0 Å². The second-order valence-electron chi connectivity index (χ2n) is 10.6. The fraction of sp³-hybridized carbons (Fsp3) is 0.357. The molecule has 0 unspecified atom stereocenters. The summed E-state index contributed by atoms with van der Waals surface area (Å²) in [5.74, 6) is 0.448. The Hall–Kier alpha value is -4.30. The number of hydrogen-bond acceptors (Lipinski definition) is 11. The maximum Gasteiger partial charge on any atom is 0.285 e. The molecule has 3 aromatic heterocycles. The molecule has 2 N–H and O–H groups in total. The Bertz CT molecular complexity index is 1890. The van der Waals surface area contributed by atoms with E-state index >= 15 is 0 Å². The predicted molar refractivity (Wildman–Crippen MR) is 167 cm³/mol. The molecule has 13 nitrogen and oxygen atoms in total. The van der Waals surface area contributed by atoms with Gasteiger partial charge in [0.2, 0.25) is 16.0 Å². The SMILES string of the molecule is Cc1cc([C@@H](C)Nc2ccc(Cl)nc2C(=O)NS(C)(=O)=O)c2nc(N3CCN(c4cncc(C)n4)CC3)n(C)c(=O)c2c1. The normalized spacial score (nSPS) is 14.6. The topological polar surface area (TPSA) is 155 Å². The molecule has 226 valence electrons. The molecule has 0 aliphatic carbocycles. The minimum absolute atomic E-state index is 0.0298. The number of sulfonamides is 1. The van der Waals surface area contributed by atoms with Crippen LogP contribution in [0, 0.1) is 13.8 Å². The zero-order chi connectivity index (χ0) is 31.1. The van der Waals surface area contributed by atoms with Crippen LogP contribution in [0.4, 0.5) is 17.5 Å². The van der Waals surface area contributed by atoms with E-state index in [1.165, 1.54) is 6.07 Å². The van der Waals surface area contributed by atoms with Crippen LogP contribution in [-0.4, -0.2) is 71.3 Å². The highest BCUT2D eigenvalue weighted by molar-refractivity contribution is 7.89. The van der Waals surface area contributed by atoms with E-state index in [0.29, 0.717) is 43.0 Å². The Kier molecular flexibility index (Phi) is 8.25. The quantitative estimate of drug-likeness (QED) is 0.291. The Morgan fingerprint density at radius 2 is 1.72 bits per heavy atom. The number of carbonyl (C=O) groups excluding carboxylic acids is 1. The molecule has 1 atom stereocenters. The van der Waals surface area contributed by atoms with Crippen LogP contribution < -0.4 is 25.4 Å². The molecule has 1 amide bonds. The molecule has 5 rings (SSSR count). The number of aryl methyl sites for hydroxylation is 2. The molecule has 0 bridgehead atoms. The van der Waals surface area contributed by atoms with Gasteiger partial charge in [0.05, 0.1) is 40.8 Å². The maximum absolute atomic E-state index is 13.6. The summed E-state index contributed by atoms with van der Waals surface area (Å²) in [6, 6.07) is 6.34. The molecule has 1 aliphatic rings. The molecule has 4 aromatic rings. The first-order valence-corrected chi connectivity index (χ1v) is 15.8. The van der Waals surface area contributed by atoms with Crippen LogP contribution in [0.3, 0.4) is 0 Å². The number of carbonyl (C=O) groups is 1. The number of piperazine rings is 1. The first-order valence-electron chi connectivity index (χ1n) is 13.6. The molecule has 1 fully saturated rings. The minimum Gasteiger partial charge on any atom is -0.377 e. The van der Waals surface area contributed by atoms with E-state index in [2.05, 4.69) is 30.1 Å². The number of rotatable bonds is 7. The highest BCUT2D eigenvalue weighted by atomic mass is 35.5. The zero-order valence-electron chi connectivity index (χ0n) is 24.4. The van der Waals surface area contributed by atoms with Gasteiger partial charge in [0.25, 0.3) is 11.5 Å². The van der Waals surface area contributed by atoms with Gasteiger partial charge in [-0.05, 0) is 44.5 Å². The molecule has 0 saturated carbocycles. The largest absolute Gasteiger partial charge is 0.377 e. The van der Waals surface area contributed by atoms with E-state index in [0.717, 1.165) is 28.9 Å². The predicted octanol–water partition coefficient (Wildman–Crippen LogP) is 2.58. The molecule has 0 spiro atoms. The monoisotopic (exact) mass is 625 g/mol. The highest BCUT2D eigenvalue weighted by Gasteiger charge is 2.25. The van der Waals surface area contributed by atoms with Crippen LogP contribution in [-0.2, 0) is 17.1 Å². The molecule has 15 heteroatoms. The first kappa shape index (κ1) is 30.2. The van der Waals surface area contributed by atoms with E-state index in [1.54, 1.807) is 30.1 Å². The number of anilines is 3. The van der Waals surface area contributed by atoms with Crippen molar-refractivity contribution in [3.05, 3.63) is 74.7 Å². The summed E-state index contributed by atoms with van der Waals surface area (Å²) >= 11 is 6.03. The van der Waals surface area contributed by atoms with E-state index in [9.17, 15) is 18.0 Å². The van der Waals surface area contributed by atoms with Gasteiger partial charge in [-0.3, -0.25) is 19.1 Å². The third-order valence-corrected chi connectivity index (χ3v) is 7.92. The Labute approximate surface area is 254 Å². The first-order chi connectivity index (χ1) is 20.3. The third kappa shape index (κ3) is 6.54. The Morgan fingerprint density at radius 3 is 2.40 bits per heavy atom. The highest BCUT2D eigenvalue weighted by Crippen LogP contribution is 2.29. The molecule has 1 saturated heterocycles. The van der Waals surface area contributed by atoms with Gasteiger partial charge < -0.3 is 15.1 Å². The number of benzene rings is 1. The number of halogens is 1. The average Bonchev–Trinajstić information content (AvgIpc) is 2.95. The van der Waals surface area contributed by atoms with Gasteiger partial charge in [-0.2, -0.15) is 0 Å². The number of hydrogen-bond donors (Lipinski definition) is 2. The van der Waals surface area contributed by atoms with Crippen molar-refractivity contribution < 1.29 is 13.2 Å². The average molecular weight is 626 g/mol. The molecule has 43 heavy (non-hydrogen) atoms. The van der Waals surface area contributed by atoms with Gasteiger partial charge in [-0.25, -0.2) is 28.1 Å². The summed E-state index contributed by atoms with van der Waals surface area (Å²) in [7, 11) is -2.11. The number of pyridine rings is 1. The standard InChI is InChI=1S/C28H32ClN9O4S/c1-16-12-19(18(3)32-21-6-7-22(29)33-25(21)26(39)35-43(5,41)42)24-20(13-16)27(40)36(4)28(34-24)38-10-8-37(9-11-38)23-15-30-14-17(2)31-23/h6-7,12-15,18,32H,8-11H2,1-5H3,(H,35,39)/t18-/m1/s1. The summed E-state index contributed by atoms with van der Waals surface area (Å²) in [5.41, 5.74) is 2.88. The van der Waals surface area contributed by atoms with Crippen LogP contribution >= 0.6 is 11.6 Å². The zero-order valence-corrected chi connectivity index (χ0v) is 26.0. The number of fused-ring (bicyclic) bond motifs is 1. The van der Waals surface area contributed by atoms with Crippen molar-refractivity contribution in [1.82, 2.24) is 29.2 Å². The fourth-order valence-corrected chi connectivity index (χ4v) is 5.73. The Balaban J connectivity index is 1.48. The molecular formula is C28H32ClN9O4S. The summed E-state index contributed by atoms with van der Waals surface area (Å²) in [5, 5.41) is 3.74. The van der Waals surface area contributed by atoms with Gasteiger partial charge in [0.1, 0.15) is 11.0 Å². The van der Waals surface area contributed by atoms with Crippen LogP contribution in [0.5, 0.6) is 0 Å². The molecule has 4 heterocycles. The van der Waals surface area contributed by atoms with Crippen molar-refractivity contribution in [2.45, 2.75) is 26.8 Å². The van der Waals surface area contributed by atoms with Crippen LogP contribution in [0.15, 0.2) is 41.5 Å². The van der Waals surface area contributed by atoms with Crippen molar-refractivity contribution in [1.29, 1.82) is 0 Å². The number of nitrogens with one attached hydrogen (secondary N) is 2. The number of aromatic nitrogens is 5. The van der Waals surface area contributed by atoms with Gasteiger partial charge in [-0.1, -0.05) is 17.7 Å². The van der Waals surface area contributed by atoms with Gasteiger partial charge in [0.15, 0.2) is 5.69 Å².